The molecule has 0 saturated carbocycles. The van der Waals surface area contributed by atoms with Crippen molar-refractivity contribution >= 4 is 17.7 Å². The van der Waals surface area contributed by atoms with Crippen LogP contribution in [-0.4, -0.2) is 72.3 Å². The van der Waals surface area contributed by atoms with Crippen molar-refractivity contribution < 1.29 is 19.1 Å². The minimum absolute atomic E-state index is 0.235. The first-order valence-corrected chi connectivity index (χ1v) is 11.9. The highest BCUT2D eigenvalue weighted by Gasteiger charge is 2.38. The Morgan fingerprint density at radius 1 is 1.09 bits per heavy atom. The summed E-state index contributed by atoms with van der Waals surface area (Å²) in [7, 11) is 0. The maximum absolute atomic E-state index is 13.1. The Morgan fingerprint density at radius 2 is 1.80 bits per heavy atom. The number of nitriles is 1. The monoisotopic (exact) mass is 476 g/mol. The van der Waals surface area contributed by atoms with Crippen molar-refractivity contribution in [3.8, 4) is 6.07 Å². The van der Waals surface area contributed by atoms with E-state index in [0.717, 1.165) is 12.1 Å². The molecule has 2 aromatic rings. The van der Waals surface area contributed by atoms with E-state index >= 15 is 0 Å². The number of cyclic esters (lactones) is 1. The Bertz CT molecular complexity index is 1080. The van der Waals surface area contributed by atoms with Crippen LogP contribution in [0.3, 0.4) is 0 Å². The van der Waals surface area contributed by atoms with Crippen LogP contribution >= 0.6 is 0 Å². The Labute approximate surface area is 206 Å². The Kier molecular flexibility index (Phi) is 7.39. The van der Waals surface area contributed by atoms with Crippen molar-refractivity contribution in [3.63, 3.8) is 0 Å². The van der Waals surface area contributed by atoms with E-state index in [-0.39, 0.29) is 12.1 Å². The fourth-order valence-electron chi connectivity index (χ4n) is 4.47. The predicted octanol–water partition coefficient (Wildman–Crippen LogP) is 3.41. The second kappa shape index (κ2) is 10.5. The Hall–Kier alpha value is -3.41. The van der Waals surface area contributed by atoms with E-state index in [0.29, 0.717) is 44.0 Å². The zero-order valence-corrected chi connectivity index (χ0v) is 20.5. The number of hydrogen-bond acceptors (Lipinski definition) is 7. The van der Waals surface area contributed by atoms with Gasteiger partial charge in [-0.1, -0.05) is 30.3 Å². The van der Waals surface area contributed by atoms with Crippen LogP contribution in [0.1, 0.15) is 31.9 Å². The molecule has 0 aliphatic carbocycles. The number of piperazine rings is 1. The average Bonchev–Trinajstić information content (AvgIpc) is 3.19. The van der Waals surface area contributed by atoms with Gasteiger partial charge in [0.05, 0.1) is 18.2 Å². The maximum Gasteiger partial charge on any atom is 0.414 e. The molecule has 2 fully saturated rings. The molecule has 0 aromatic heterocycles. The summed E-state index contributed by atoms with van der Waals surface area (Å²) in [5, 5.41) is 9.00. The first-order valence-electron chi connectivity index (χ1n) is 11.9. The normalized spacial score (nSPS) is 21.4. The molecule has 2 saturated heterocycles. The van der Waals surface area contributed by atoms with Crippen molar-refractivity contribution in [3.05, 3.63) is 65.7 Å². The fraction of sp³-hybridized carbons (Fsp3) is 0.444. The third-order valence-electron chi connectivity index (χ3n) is 6.13. The number of carbonyl (C=O) groups is 2. The quantitative estimate of drug-likeness (QED) is 0.591. The number of benzene rings is 2. The summed E-state index contributed by atoms with van der Waals surface area (Å²) >= 11 is 0. The standard InChI is InChI=1S/C27H32N4O4/c1-27(2,3)35-25(32)24-19-29(13-14-30(24)16-21-7-5-4-6-8-21)17-23-18-31(26(33)34-23)22-11-9-20(15-28)10-12-22/h4-12,23-24H,13-14,16-19H2,1-3H3. The van der Waals surface area contributed by atoms with Crippen LogP contribution in [-0.2, 0) is 20.8 Å². The molecule has 35 heavy (non-hydrogen) atoms. The minimum Gasteiger partial charge on any atom is -0.459 e. The molecular weight excluding hydrogens is 444 g/mol. The van der Waals surface area contributed by atoms with E-state index in [1.807, 2.05) is 39.0 Å². The molecule has 2 unspecified atom stereocenters. The summed E-state index contributed by atoms with van der Waals surface area (Å²) in [6.45, 7) is 9.24. The summed E-state index contributed by atoms with van der Waals surface area (Å²) in [5.74, 6) is -0.235. The van der Waals surface area contributed by atoms with Crippen LogP contribution in [0.25, 0.3) is 0 Å². The lowest BCUT2D eigenvalue weighted by Crippen LogP contribution is -2.58. The molecule has 2 atom stereocenters. The van der Waals surface area contributed by atoms with Crippen LogP contribution in [0.2, 0.25) is 0 Å². The first kappa shape index (κ1) is 24.7. The molecule has 184 valence electrons. The Balaban J connectivity index is 1.41. The van der Waals surface area contributed by atoms with E-state index < -0.39 is 17.7 Å². The molecule has 8 nitrogen and oxygen atoms in total. The van der Waals surface area contributed by atoms with Gasteiger partial charge in [-0.25, -0.2) is 4.79 Å². The van der Waals surface area contributed by atoms with Crippen molar-refractivity contribution in [2.24, 2.45) is 0 Å². The highest BCUT2D eigenvalue weighted by molar-refractivity contribution is 5.89. The lowest BCUT2D eigenvalue weighted by molar-refractivity contribution is -0.164. The zero-order valence-electron chi connectivity index (χ0n) is 20.5. The van der Waals surface area contributed by atoms with Crippen LogP contribution in [0.5, 0.6) is 0 Å². The second-order valence-corrected chi connectivity index (χ2v) is 10.0. The number of amides is 1. The van der Waals surface area contributed by atoms with E-state index in [1.54, 1.807) is 29.2 Å². The molecule has 8 heteroatoms. The van der Waals surface area contributed by atoms with Gasteiger partial charge >= 0.3 is 12.1 Å². The topological polar surface area (TPSA) is 86.1 Å². The molecule has 0 bridgehead atoms. The Morgan fingerprint density at radius 3 is 2.46 bits per heavy atom. The lowest BCUT2D eigenvalue weighted by Gasteiger charge is -2.41. The number of rotatable bonds is 6. The van der Waals surface area contributed by atoms with Crippen LogP contribution in [0.15, 0.2) is 54.6 Å². The van der Waals surface area contributed by atoms with Gasteiger partial charge in [-0.15, -0.1) is 0 Å². The largest absolute Gasteiger partial charge is 0.459 e. The third kappa shape index (κ3) is 6.38. The number of nitrogens with zero attached hydrogens (tertiary/aromatic N) is 4. The van der Waals surface area contributed by atoms with Gasteiger partial charge in [0.1, 0.15) is 17.7 Å². The fourth-order valence-corrected chi connectivity index (χ4v) is 4.47. The summed E-state index contributed by atoms with van der Waals surface area (Å²) in [4.78, 5) is 31.6. The van der Waals surface area contributed by atoms with Crippen molar-refractivity contribution in [1.82, 2.24) is 9.80 Å². The predicted molar refractivity (Wildman–Crippen MR) is 132 cm³/mol. The number of anilines is 1. The molecule has 0 N–H and O–H groups in total. The van der Waals surface area contributed by atoms with E-state index in [9.17, 15) is 9.59 Å². The molecule has 2 aromatic carbocycles. The zero-order chi connectivity index (χ0) is 25.0. The minimum atomic E-state index is -0.569. The highest BCUT2D eigenvalue weighted by atomic mass is 16.6. The molecule has 2 aliphatic heterocycles. The van der Waals surface area contributed by atoms with Gasteiger partial charge in [0.15, 0.2) is 0 Å². The molecule has 1 amide bonds. The van der Waals surface area contributed by atoms with Gasteiger partial charge in [-0.2, -0.15) is 5.26 Å². The molecule has 2 heterocycles. The van der Waals surface area contributed by atoms with Crippen LogP contribution in [0, 0.1) is 11.3 Å². The maximum atomic E-state index is 13.1. The van der Waals surface area contributed by atoms with Gasteiger partial charge < -0.3 is 9.47 Å². The molecule has 2 aliphatic rings. The summed E-state index contributed by atoms with van der Waals surface area (Å²) in [6.07, 6.45) is -0.704. The van der Waals surface area contributed by atoms with Gasteiger partial charge in [-0.3, -0.25) is 19.5 Å². The second-order valence-electron chi connectivity index (χ2n) is 10.0. The van der Waals surface area contributed by atoms with E-state index in [1.165, 1.54) is 0 Å². The SMILES string of the molecule is CC(C)(C)OC(=O)C1CN(CC2CN(c3ccc(C#N)cc3)C(=O)O2)CCN1Cc1ccccc1. The lowest BCUT2D eigenvalue weighted by atomic mass is 10.1. The summed E-state index contributed by atoms with van der Waals surface area (Å²) in [5.41, 5.74) is 1.83. The number of hydrogen-bond donors (Lipinski definition) is 0. The number of carbonyl (C=O) groups excluding carboxylic acids is 2. The van der Waals surface area contributed by atoms with Crippen molar-refractivity contribution in [2.75, 3.05) is 37.6 Å². The van der Waals surface area contributed by atoms with Gasteiger partial charge in [0.2, 0.25) is 0 Å². The van der Waals surface area contributed by atoms with Crippen LogP contribution in [0.4, 0.5) is 10.5 Å². The van der Waals surface area contributed by atoms with Crippen molar-refractivity contribution in [1.29, 1.82) is 5.26 Å². The van der Waals surface area contributed by atoms with E-state index in [4.69, 9.17) is 14.7 Å². The third-order valence-corrected chi connectivity index (χ3v) is 6.13. The highest BCUT2D eigenvalue weighted by Crippen LogP contribution is 2.24. The summed E-state index contributed by atoms with van der Waals surface area (Å²) in [6, 6.07) is 18.7. The van der Waals surface area contributed by atoms with Crippen molar-refractivity contribution in [2.45, 2.75) is 45.1 Å². The average molecular weight is 477 g/mol. The number of esters is 1. The van der Waals surface area contributed by atoms with E-state index in [2.05, 4.69) is 28.0 Å². The number of ether oxygens (including phenoxy) is 2. The molecule has 0 spiro atoms. The van der Waals surface area contributed by atoms with Gasteiger partial charge in [0.25, 0.3) is 0 Å². The smallest absolute Gasteiger partial charge is 0.414 e. The molecule has 0 radical (unpaired) electrons. The van der Waals surface area contributed by atoms with Crippen LogP contribution < -0.4 is 4.90 Å². The summed E-state index contributed by atoms with van der Waals surface area (Å²) < 4.78 is 11.4. The molecular formula is C27H32N4O4. The first-order chi connectivity index (χ1) is 16.7. The molecule has 4 rings (SSSR count). The van der Waals surface area contributed by atoms with Gasteiger partial charge in [0, 0.05) is 38.4 Å². The van der Waals surface area contributed by atoms with Gasteiger partial charge in [-0.05, 0) is 50.6 Å².